The second kappa shape index (κ2) is 9.78. The van der Waals surface area contributed by atoms with Crippen LogP contribution in [0.1, 0.15) is 25.1 Å². The largest absolute Gasteiger partial charge is 0.493 e. The van der Waals surface area contributed by atoms with Gasteiger partial charge in [-0.2, -0.15) is 0 Å². The Labute approximate surface area is 160 Å². The van der Waals surface area contributed by atoms with Crippen molar-refractivity contribution in [2.75, 3.05) is 26.0 Å². The fraction of sp³-hybridized carbons (Fsp3) is 0.500. The van der Waals surface area contributed by atoms with Crippen LogP contribution in [0.25, 0.3) is 0 Å². The van der Waals surface area contributed by atoms with Crippen molar-refractivity contribution in [3.8, 4) is 5.75 Å². The van der Waals surface area contributed by atoms with Gasteiger partial charge in [0, 0.05) is 19.3 Å². The Kier molecular flexibility index (Phi) is 7.14. The van der Waals surface area contributed by atoms with Crippen molar-refractivity contribution in [1.29, 1.82) is 0 Å². The third-order valence-electron chi connectivity index (χ3n) is 4.61. The second-order valence-corrected chi connectivity index (χ2v) is 7.88. The molecule has 5 nitrogen and oxygen atoms in total. The van der Waals surface area contributed by atoms with Crippen molar-refractivity contribution in [2.45, 2.75) is 31.0 Å². The first-order valence-electron chi connectivity index (χ1n) is 9.25. The third-order valence-corrected chi connectivity index (χ3v) is 5.59. The number of ether oxygens (including phenoxy) is 1. The van der Waals surface area contributed by atoms with Gasteiger partial charge in [-0.05, 0) is 44.4 Å². The number of para-hydroxylation sites is 1. The summed E-state index contributed by atoms with van der Waals surface area (Å²) in [6.07, 6.45) is 8.32. The van der Waals surface area contributed by atoms with Crippen LogP contribution in [0.4, 0.5) is 0 Å². The minimum atomic E-state index is 0.659. The first kappa shape index (κ1) is 19.0. The molecule has 0 saturated carbocycles. The SMILES string of the molecule is CN(Cc1nnc(SCCOc2ccccc2)n1C)C[C@@H]1CC=CCC1. The molecule has 0 N–H and O–H groups in total. The van der Waals surface area contributed by atoms with Gasteiger partial charge in [0.15, 0.2) is 5.16 Å². The number of nitrogens with zero attached hydrogens (tertiary/aromatic N) is 4. The van der Waals surface area contributed by atoms with Gasteiger partial charge in [-0.25, -0.2) is 0 Å². The summed E-state index contributed by atoms with van der Waals surface area (Å²) in [4.78, 5) is 2.36. The van der Waals surface area contributed by atoms with E-state index in [1.54, 1.807) is 11.8 Å². The second-order valence-electron chi connectivity index (χ2n) is 6.82. The first-order chi connectivity index (χ1) is 12.7. The topological polar surface area (TPSA) is 43.2 Å². The number of thioether (sulfide) groups is 1. The smallest absolute Gasteiger partial charge is 0.191 e. The van der Waals surface area contributed by atoms with Crippen molar-refractivity contribution in [1.82, 2.24) is 19.7 Å². The summed E-state index contributed by atoms with van der Waals surface area (Å²) in [6.45, 7) is 2.61. The minimum absolute atomic E-state index is 0.659. The van der Waals surface area contributed by atoms with E-state index in [9.17, 15) is 0 Å². The molecular weight excluding hydrogens is 344 g/mol. The fourth-order valence-corrected chi connectivity index (χ4v) is 3.93. The Bertz CT molecular complexity index is 701. The summed E-state index contributed by atoms with van der Waals surface area (Å²) >= 11 is 1.69. The van der Waals surface area contributed by atoms with Crippen molar-refractivity contribution in [2.24, 2.45) is 13.0 Å². The molecule has 0 saturated heterocycles. The van der Waals surface area contributed by atoms with Gasteiger partial charge in [-0.15, -0.1) is 10.2 Å². The Morgan fingerprint density at radius 2 is 2.08 bits per heavy atom. The number of hydrogen-bond acceptors (Lipinski definition) is 5. The van der Waals surface area contributed by atoms with Crippen LogP contribution < -0.4 is 4.74 Å². The van der Waals surface area contributed by atoms with Gasteiger partial charge in [-0.1, -0.05) is 42.1 Å². The summed E-state index contributed by atoms with van der Waals surface area (Å²) < 4.78 is 7.83. The number of rotatable bonds is 9. The first-order valence-corrected chi connectivity index (χ1v) is 10.2. The highest BCUT2D eigenvalue weighted by Gasteiger charge is 2.15. The van der Waals surface area contributed by atoms with Gasteiger partial charge in [0.2, 0.25) is 0 Å². The van der Waals surface area contributed by atoms with E-state index in [1.807, 2.05) is 37.4 Å². The molecule has 1 atom stereocenters. The van der Waals surface area contributed by atoms with Gasteiger partial charge in [0.05, 0.1) is 13.2 Å². The van der Waals surface area contributed by atoms with Gasteiger partial charge < -0.3 is 9.30 Å². The molecule has 0 bridgehead atoms. The highest BCUT2D eigenvalue weighted by Crippen LogP contribution is 2.20. The maximum Gasteiger partial charge on any atom is 0.191 e. The van der Waals surface area contributed by atoms with E-state index in [0.29, 0.717) is 6.61 Å². The van der Waals surface area contributed by atoms with Crippen LogP contribution in [0.15, 0.2) is 47.6 Å². The molecule has 1 aliphatic carbocycles. The molecule has 2 aromatic rings. The van der Waals surface area contributed by atoms with Crippen LogP contribution in [0, 0.1) is 5.92 Å². The molecule has 0 aliphatic heterocycles. The van der Waals surface area contributed by atoms with Crippen molar-refractivity contribution >= 4 is 11.8 Å². The molecule has 0 amide bonds. The van der Waals surface area contributed by atoms with Crippen molar-refractivity contribution in [3.63, 3.8) is 0 Å². The fourth-order valence-electron chi connectivity index (χ4n) is 3.19. The average molecular weight is 373 g/mol. The lowest BCUT2D eigenvalue weighted by Gasteiger charge is -2.24. The van der Waals surface area contributed by atoms with E-state index in [-0.39, 0.29) is 0 Å². The normalized spacial score (nSPS) is 17.0. The van der Waals surface area contributed by atoms with Gasteiger partial charge in [0.25, 0.3) is 0 Å². The van der Waals surface area contributed by atoms with Crippen LogP contribution in [0.5, 0.6) is 5.75 Å². The summed E-state index contributed by atoms with van der Waals surface area (Å²) in [6, 6.07) is 9.91. The third kappa shape index (κ3) is 5.61. The zero-order valence-corrected chi connectivity index (χ0v) is 16.5. The van der Waals surface area contributed by atoms with Crippen LogP contribution >= 0.6 is 11.8 Å². The van der Waals surface area contributed by atoms with E-state index in [2.05, 4.69) is 38.9 Å². The Hall–Kier alpha value is -1.79. The molecule has 1 aromatic carbocycles. The summed E-state index contributed by atoms with van der Waals surface area (Å²) in [5.41, 5.74) is 0. The monoisotopic (exact) mass is 372 g/mol. The number of allylic oxidation sites excluding steroid dienone is 2. The molecule has 0 spiro atoms. The van der Waals surface area contributed by atoms with Crippen molar-refractivity contribution in [3.05, 3.63) is 48.3 Å². The molecule has 3 rings (SSSR count). The molecule has 26 heavy (non-hydrogen) atoms. The lowest BCUT2D eigenvalue weighted by Crippen LogP contribution is -2.27. The van der Waals surface area contributed by atoms with Crippen molar-refractivity contribution < 1.29 is 4.74 Å². The molecule has 6 heteroatoms. The highest BCUT2D eigenvalue weighted by molar-refractivity contribution is 7.99. The highest BCUT2D eigenvalue weighted by atomic mass is 32.2. The average Bonchev–Trinajstić information content (AvgIpc) is 3.00. The Balaban J connectivity index is 1.42. The standard InChI is InChI=1S/C20H28N4OS/c1-23(15-17-9-5-3-6-10-17)16-19-21-22-20(24(19)2)26-14-13-25-18-11-7-4-8-12-18/h3-5,7-8,11-12,17H,6,9-10,13-16H2,1-2H3/t17-/m1/s1. The lowest BCUT2D eigenvalue weighted by molar-refractivity contribution is 0.251. The van der Waals surface area contributed by atoms with E-state index < -0.39 is 0 Å². The maximum absolute atomic E-state index is 5.73. The summed E-state index contributed by atoms with van der Waals surface area (Å²) in [5.74, 6) is 3.55. The predicted octanol–water partition coefficient (Wildman–Crippen LogP) is 3.77. The molecule has 1 aromatic heterocycles. The van der Waals surface area contributed by atoms with Gasteiger partial charge in [-0.3, -0.25) is 4.90 Å². The molecule has 0 fully saturated rings. The number of aromatic nitrogens is 3. The van der Waals surface area contributed by atoms with Gasteiger partial charge >= 0.3 is 0 Å². The zero-order chi connectivity index (χ0) is 18.2. The van der Waals surface area contributed by atoms with E-state index >= 15 is 0 Å². The van der Waals surface area contributed by atoms with Crippen LogP contribution in [0.2, 0.25) is 0 Å². The van der Waals surface area contributed by atoms with E-state index in [0.717, 1.165) is 41.5 Å². The Morgan fingerprint density at radius 3 is 2.85 bits per heavy atom. The molecule has 0 unspecified atom stereocenters. The van der Waals surface area contributed by atoms with Crippen LogP contribution in [-0.4, -0.2) is 45.6 Å². The molecular formula is C20H28N4OS. The van der Waals surface area contributed by atoms with Gasteiger partial charge in [0.1, 0.15) is 11.6 Å². The summed E-state index contributed by atoms with van der Waals surface area (Å²) in [7, 11) is 4.22. The zero-order valence-electron chi connectivity index (χ0n) is 15.7. The molecule has 0 radical (unpaired) electrons. The van der Waals surface area contributed by atoms with Crippen LogP contribution in [0.3, 0.4) is 0 Å². The number of hydrogen-bond donors (Lipinski definition) is 0. The van der Waals surface area contributed by atoms with Crippen LogP contribution in [-0.2, 0) is 13.6 Å². The summed E-state index contributed by atoms with van der Waals surface area (Å²) in [5, 5.41) is 9.67. The van der Waals surface area contributed by atoms with E-state index in [1.165, 1.54) is 19.3 Å². The predicted molar refractivity (Wildman–Crippen MR) is 106 cm³/mol. The molecule has 140 valence electrons. The van der Waals surface area contributed by atoms with E-state index in [4.69, 9.17) is 4.74 Å². The maximum atomic E-state index is 5.73. The Morgan fingerprint density at radius 1 is 1.23 bits per heavy atom. The number of benzene rings is 1. The quantitative estimate of drug-likeness (QED) is 0.381. The molecule has 1 aliphatic rings. The molecule has 1 heterocycles. The lowest BCUT2D eigenvalue weighted by atomic mass is 9.94. The minimum Gasteiger partial charge on any atom is -0.493 e.